The van der Waals surface area contributed by atoms with Gasteiger partial charge in [0.1, 0.15) is 24.2 Å². The maximum Gasteiger partial charge on any atom is 0.258 e. The first-order valence-electron chi connectivity index (χ1n) is 9.90. The molecule has 8 heteroatoms. The monoisotopic (exact) mass is 412 g/mol. The van der Waals surface area contributed by atoms with Crippen molar-refractivity contribution in [2.75, 3.05) is 20.3 Å². The zero-order valence-corrected chi connectivity index (χ0v) is 17.8. The lowest BCUT2D eigenvalue weighted by Gasteiger charge is -2.12. The number of nitrogens with zero attached hydrogens (tertiary/aromatic N) is 3. The summed E-state index contributed by atoms with van der Waals surface area (Å²) in [4.78, 5) is 9.14. The van der Waals surface area contributed by atoms with Gasteiger partial charge >= 0.3 is 0 Å². The number of aryl methyl sites for hydroxylation is 1. The highest BCUT2D eigenvalue weighted by Gasteiger charge is 2.17. The minimum atomic E-state index is -0.722. The molecule has 3 rings (SSSR count). The van der Waals surface area contributed by atoms with Crippen LogP contribution in [0.1, 0.15) is 25.2 Å². The van der Waals surface area contributed by atoms with E-state index in [2.05, 4.69) is 29.0 Å². The van der Waals surface area contributed by atoms with Gasteiger partial charge in [-0.3, -0.25) is 4.98 Å². The van der Waals surface area contributed by atoms with Crippen LogP contribution in [0, 0.1) is 12.8 Å². The molecule has 0 radical (unpaired) electrons. The van der Waals surface area contributed by atoms with E-state index in [9.17, 15) is 5.11 Å². The molecular weight excluding hydrogens is 384 g/mol. The molecule has 0 aliphatic rings. The molecule has 0 fully saturated rings. The van der Waals surface area contributed by atoms with E-state index in [0.717, 1.165) is 23.4 Å². The normalized spacial score (nSPS) is 12.2. The quantitative estimate of drug-likeness (QED) is 0.551. The molecular formula is C22H28N4O4. The number of aliphatic hydroxyl groups is 1. The molecule has 0 aliphatic carbocycles. The van der Waals surface area contributed by atoms with Gasteiger partial charge in [0.25, 0.3) is 5.89 Å². The zero-order chi connectivity index (χ0) is 21.7. The van der Waals surface area contributed by atoms with Gasteiger partial charge in [-0.2, -0.15) is 4.98 Å². The lowest BCUT2D eigenvalue weighted by Crippen LogP contribution is -2.26. The third-order valence-electron chi connectivity index (χ3n) is 4.43. The van der Waals surface area contributed by atoms with Crippen LogP contribution in [0.2, 0.25) is 0 Å². The Bertz CT molecular complexity index is 987. The molecule has 0 aliphatic heterocycles. The number of methoxy groups -OCH3 is 1. The Balaban J connectivity index is 1.86. The number of ether oxygens (including phenoxy) is 2. The summed E-state index contributed by atoms with van der Waals surface area (Å²) in [5.74, 6) is 2.42. The second-order valence-corrected chi connectivity index (χ2v) is 7.57. The Morgan fingerprint density at radius 3 is 2.67 bits per heavy atom. The molecule has 0 saturated carbocycles. The van der Waals surface area contributed by atoms with Crippen LogP contribution in [0.25, 0.3) is 22.8 Å². The molecule has 160 valence electrons. The molecule has 0 bridgehead atoms. The van der Waals surface area contributed by atoms with Gasteiger partial charge in [0, 0.05) is 29.6 Å². The van der Waals surface area contributed by atoms with Gasteiger partial charge in [-0.05, 0) is 43.5 Å². The summed E-state index contributed by atoms with van der Waals surface area (Å²) in [7, 11) is 1.56. The topological polar surface area (TPSA) is 117 Å². The van der Waals surface area contributed by atoms with E-state index in [-0.39, 0.29) is 13.2 Å². The van der Waals surface area contributed by atoms with Crippen LogP contribution >= 0.6 is 0 Å². The third-order valence-corrected chi connectivity index (χ3v) is 4.43. The van der Waals surface area contributed by atoms with Crippen molar-refractivity contribution in [2.45, 2.75) is 33.3 Å². The lowest BCUT2D eigenvalue weighted by molar-refractivity contribution is 0.114. The number of benzene rings is 1. The molecule has 0 unspecified atom stereocenters. The predicted octanol–water partition coefficient (Wildman–Crippen LogP) is 3.01. The van der Waals surface area contributed by atoms with E-state index in [1.807, 2.05) is 19.1 Å². The first-order chi connectivity index (χ1) is 14.4. The maximum atomic E-state index is 9.56. The number of nitrogens with two attached hydrogens (primary N) is 1. The standard InChI is InChI=1S/C22H28N4O4/c1-13(2)7-16-9-15(8-14(3)24-16)22-25-21(26-30-22)19-6-5-18(10-20(19)28-4)29-12-17(27)11-23/h5-6,8-10,13,17,27H,7,11-12,23H2,1-4H3/t17-/m0/s1. The first kappa shape index (κ1) is 21.7. The first-order valence-corrected chi connectivity index (χ1v) is 9.90. The molecule has 0 saturated heterocycles. The highest BCUT2D eigenvalue weighted by atomic mass is 16.5. The van der Waals surface area contributed by atoms with Crippen molar-refractivity contribution < 1.29 is 19.1 Å². The zero-order valence-electron chi connectivity index (χ0n) is 17.8. The van der Waals surface area contributed by atoms with Crippen molar-refractivity contribution in [2.24, 2.45) is 11.7 Å². The van der Waals surface area contributed by atoms with E-state index in [1.165, 1.54) is 0 Å². The van der Waals surface area contributed by atoms with Crippen molar-refractivity contribution in [1.29, 1.82) is 0 Å². The number of hydrogen-bond acceptors (Lipinski definition) is 8. The van der Waals surface area contributed by atoms with Crippen LogP contribution in [0.4, 0.5) is 0 Å². The molecule has 2 aromatic heterocycles. The van der Waals surface area contributed by atoms with E-state index in [0.29, 0.717) is 34.7 Å². The molecule has 3 aromatic rings. The SMILES string of the molecule is COc1cc(OC[C@@H](O)CN)ccc1-c1noc(-c2cc(C)nc(CC(C)C)c2)n1. The summed E-state index contributed by atoms with van der Waals surface area (Å²) in [6.45, 7) is 6.50. The van der Waals surface area contributed by atoms with Crippen LogP contribution in [-0.2, 0) is 6.42 Å². The van der Waals surface area contributed by atoms with Gasteiger partial charge in [0.05, 0.1) is 12.7 Å². The van der Waals surface area contributed by atoms with Crippen molar-refractivity contribution in [1.82, 2.24) is 15.1 Å². The molecule has 1 aromatic carbocycles. The van der Waals surface area contributed by atoms with Gasteiger partial charge < -0.3 is 24.8 Å². The fraction of sp³-hybridized carbons (Fsp3) is 0.409. The van der Waals surface area contributed by atoms with Crippen molar-refractivity contribution in [3.05, 3.63) is 41.7 Å². The van der Waals surface area contributed by atoms with Gasteiger partial charge in [-0.1, -0.05) is 19.0 Å². The summed E-state index contributed by atoms with van der Waals surface area (Å²) in [5.41, 5.74) is 8.82. The van der Waals surface area contributed by atoms with Crippen LogP contribution < -0.4 is 15.2 Å². The minimum Gasteiger partial charge on any atom is -0.496 e. The summed E-state index contributed by atoms with van der Waals surface area (Å²) >= 11 is 0. The third kappa shape index (κ3) is 5.34. The van der Waals surface area contributed by atoms with Gasteiger partial charge in [0.2, 0.25) is 5.82 Å². The molecule has 30 heavy (non-hydrogen) atoms. The average Bonchev–Trinajstić information content (AvgIpc) is 3.20. The number of hydrogen-bond donors (Lipinski definition) is 2. The van der Waals surface area contributed by atoms with Gasteiger partial charge in [0.15, 0.2) is 0 Å². The number of pyridine rings is 1. The van der Waals surface area contributed by atoms with Gasteiger partial charge in [-0.15, -0.1) is 0 Å². The van der Waals surface area contributed by atoms with Crippen LogP contribution in [-0.4, -0.2) is 46.6 Å². The Morgan fingerprint density at radius 2 is 1.97 bits per heavy atom. The minimum absolute atomic E-state index is 0.103. The van der Waals surface area contributed by atoms with E-state index >= 15 is 0 Å². The Labute approximate surface area is 176 Å². The summed E-state index contributed by atoms with van der Waals surface area (Å²) < 4.78 is 16.5. The van der Waals surface area contributed by atoms with Crippen LogP contribution in [0.5, 0.6) is 11.5 Å². The van der Waals surface area contributed by atoms with Crippen molar-refractivity contribution >= 4 is 0 Å². The van der Waals surface area contributed by atoms with E-state index in [1.54, 1.807) is 25.3 Å². The van der Waals surface area contributed by atoms with Crippen molar-refractivity contribution in [3.8, 4) is 34.3 Å². The van der Waals surface area contributed by atoms with E-state index < -0.39 is 6.10 Å². The lowest BCUT2D eigenvalue weighted by atomic mass is 10.1. The highest BCUT2D eigenvalue weighted by Crippen LogP contribution is 2.33. The predicted molar refractivity (Wildman–Crippen MR) is 113 cm³/mol. The summed E-state index contributed by atoms with van der Waals surface area (Å²) in [6.07, 6.45) is 0.156. The largest absolute Gasteiger partial charge is 0.496 e. The smallest absolute Gasteiger partial charge is 0.258 e. The molecule has 1 atom stereocenters. The molecule has 0 spiro atoms. The molecule has 3 N–H and O–H groups in total. The number of aliphatic hydroxyl groups excluding tert-OH is 1. The van der Waals surface area contributed by atoms with Gasteiger partial charge in [-0.25, -0.2) is 0 Å². The van der Waals surface area contributed by atoms with Crippen LogP contribution in [0.3, 0.4) is 0 Å². The average molecular weight is 412 g/mol. The number of rotatable bonds is 9. The summed E-state index contributed by atoms with van der Waals surface area (Å²) in [6, 6.07) is 9.18. The van der Waals surface area contributed by atoms with Crippen molar-refractivity contribution in [3.63, 3.8) is 0 Å². The second kappa shape index (κ2) is 9.69. The Kier molecular flexibility index (Phi) is 7.02. The Morgan fingerprint density at radius 1 is 1.17 bits per heavy atom. The number of aromatic nitrogens is 3. The highest BCUT2D eigenvalue weighted by molar-refractivity contribution is 5.67. The maximum absolute atomic E-state index is 9.56. The molecule has 0 amide bonds. The second-order valence-electron chi connectivity index (χ2n) is 7.57. The van der Waals surface area contributed by atoms with Crippen LogP contribution in [0.15, 0.2) is 34.9 Å². The Hall–Kier alpha value is -2.97. The summed E-state index contributed by atoms with van der Waals surface area (Å²) in [5, 5.41) is 13.7. The fourth-order valence-electron chi connectivity index (χ4n) is 3.04. The molecule has 8 nitrogen and oxygen atoms in total. The van der Waals surface area contributed by atoms with E-state index in [4.69, 9.17) is 19.7 Å². The fourth-order valence-corrected chi connectivity index (χ4v) is 3.04. The molecule has 2 heterocycles.